The van der Waals surface area contributed by atoms with Gasteiger partial charge in [-0.1, -0.05) is 12.0 Å². The Balaban J connectivity index is 2.29. The highest BCUT2D eigenvalue weighted by Gasteiger charge is 2.58. The third-order valence-corrected chi connectivity index (χ3v) is 3.18. The molecule has 0 aromatic heterocycles. The zero-order chi connectivity index (χ0) is 10.3. The van der Waals surface area contributed by atoms with E-state index in [1.165, 1.54) is 12.2 Å². The summed E-state index contributed by atoms with van der Waals surface area (Å²) in [4.78, 5) is 19.5. The molecule has 6 heteroatoms. The van der Waals surface area contributed by atoms with Gasteiger partial charge in [-0.3, -0.25) is 9.63 Å². The van der Waals surface area contributed by atoms with Crippen LogP contribution in [0.15, 0.2) is 5.11 Å². The van der Waals surface area contributed by atoms with Crippen molar-refractivity contribution in [1.82, 2.24) is 5.06 Å². The number of fused-ring (bicyclic) bond motifs is 2. The molecule has 0 aromatic rings. The second kappa shape index (κ2) is 2.87. The fourth-order valence-electron chi connectivity index (χ4n) is 2.51. The molecule has 0 aromatic carbocycles. The highest BCUT2D eigenvalue weighted by molar-refractivity contribution is 5.85. The van der Waals surface area contributed by atoms with Gasteiger partial charge >= 0.3 is 0 Å². The molecule has 0 radical (unpaired) electrons. The van der Waals surface area contributed by atoms with Crippen LogP contribution in [0.1, 0.15) is 19.8 Å². The van der Waals surface area contributed by atoms with Crippen LogP contribution in [-0.2, 0) is 9.63 Å². The molecule has 0 N–H and O–H groups in total. The number of carbonyl (C=O) groups is 1. The van der Waals surface area contributed by atoms with E-state index >= 15 is 0 Å². The number of hydrogen-bond donors (Lipinski definition) is 0. The van der Waals surface area contributed by atoms with Crippen LogP contribution < -0.4 is 0 Å². The van der Waals surface area contributed by atoms with Crippen molar-refractivity contribution in [3.05, 3.63) is 10.4 Å². The van der Waals surface area contributed by atoms with E-state index in [0.717, 1.165) is 6.42 Å². The van der Waals surface area contributed by atoms with Crippen molar-refractivity contribution in [2.75, 3.05) is 7.11 Å². The Labute approximate surface area is 81.4 Å². The van der Waals surface area contributed by atoms with Crippen LogP contribution >= 0.6 is 0 Å². The Morgan fingerprint density at radius 3 is 2.93 bits per heavy atom. The molecular formula is C8H12N4O2. The van der Waals surface area contributed by atoms with Crippen LogP contribution in [0, 0.1) is 5.41 Å². The number of hydroxylamine groups is 2. The first-order chi connectivity index (χ1) is 6.62. The Morgan fingerprint density at radius 2 is 2.43 bits per heavy atom. The van der Waals surface area contributed by atoms with E-state index in [2.05, 4.69) is 10.0 Å². The monoisotopic (exact) mass is 196 g/mol. The van der Waals surface area contributed by atoms with Crippen LogP contribution in [0.3, 0.4) is 0 Å². The van der Waals surface area contributed by atoms with Gasteiger partial charge in [0.2, 0.25) is 0 Å². The van der Waals surface area contributed by atoms with E-state index in [0.29, 0.717) is 6.42 Å². The van der Waals surface area contributed by atoms with Gasteiger partial charge in [-0.05, 0) is 18.4 Å². The summed E-state index contributed by atoms with van der Waals surface area (Å²) >= 11 is 0. The first-order valence-corrected chi connectivity index (χ1v) is 4.54. The summed E-state index contributed by atoms with van der Waals surface area (Å²) in [5.74, 6) is 0.00869. The van der Waals surface area contributed by atoms with Gasteiger partial charge in [-0.2, -0.15) is 0 Å². The molecule has 6 nitrogen and oxygen atoms in total. The lowest BCUT2D eigenvalue weighted by atomic mass is 9.89. The zero-order valence-corrected chi connectivity index (χ0v) is 8.17. The molecule has 0 spiro atoms. The van der Waals surface area contributed by atoms with Crippen molar-refractivity contribution in [1.29, 1.82) is 0 Å². The van der Waals surface area contributed by atoms with Gasteiger partial charge in [0.25, 0.3) is 5.91 Å². The normalized spacial score (nSPS) is 40.1. The molecule has 2 rings (SSSR count). The summed E-state index contributed by atoms with van der Waals surface area (Å²) in [6.45, 7) is 1.90. The van der Waals surface area contributed by atoms with Gasteiger partial charge in [0, 0.05) is 4.91 Å². The van der Waals surface area contributed by atoms with Gasteiger partial charge in [-0.15, -0.1) is 0 Å². The SMILES string of the molecule is CON1C(=O)C2(C)CC1[C@H](N=[N+]=[N-])C2. The topological polar surface area (TPSA) is 78.3 Å². The minimum absolute atomic E-state index is 0.00869. The van der Waals surface area contributed by atoms with E-state index in [1.807, 2.05) is 6.92 Å². The minimum atomic E-state index is -0.389. The number of amides is 1. The average molecular weight is 196 g/mol. The molecule has 3 atom stereocenters. The summed E-state index contributed by atoms with van der Waals surface area (Å²) in [6.07, 6.45) is 1.36. The molecule has 2 bridgehead atoms. The van der Waals surface area contributed by atoms with Gasteiger partial charge in [0.05, 0.1) is 24.6 Å². The van der Waals surface area contributed by atoms with Crippen molar-refractivity contribution < 1.29 is 9.63 Å². The predicted molar refractivity (Wildman–Crippen MR) is 47.9 cm³/mol. The predicted octanol–water partition coefficient (Wildman–Crippen LogP) is 1.24. The molecular weight excluding hydrogens is 184 g/mol. The Morgan fingerprint density at radius 1 is 1.71 bits per heavy atom. The number of piperidine rings is 1. The smallest absolute Gasteiger partial charge is 0.252 e. The van der Waals surface area contributed by atoms with Crippen LogP contribution in [0.2, 0.25) is 0 Å². The van der Waals surface area contributed by atoms with Crippen molar-refractivity contribution >= 4 is 5.91 Å². The molecule has 1 aliphatic carbocycles. The third kappa shape index (κ3) is 1.01. The lowest BCUT2D eigenvalue weighted by molar-refractivity contribution is -0.189. The van der Waals surface area contributed by atoms with Crippen LogP contribution in [-0.4, -0.2) is 30.2 Å². The van der Waals surface area contributed by atoms with Crippen molar-refractivity contribution in [3.63, 3.8) is 0 Å². The second-order valence-corrected chi connectivity index (χ2v) is 4.12. The Hall–Kier alpha value is -1.26. The first kappa shape index (κ1) is 9.30. The number of hydrogen-bond acceptors (Lipinski definition) is 3. The average Bonchev–Trinajstić information content (AvgIpc) is 2.57. The van der Waals surface area contributed by atoms with E-state index < -0.39 is 0 Å². The molecule has 2 unspecified atom stereocenters. The largest absolute Gasteiger partial charge is 0.274 e. The van der Waals surface area contributed by atoms with E-state index in [4.69, 9.17) is 10.4 Å². The van der Waals surface area contributed by atoms with Crippen molar-refractivity contribution in [2.45, 2.75) is 31.8 Å². The van der Waals surface area contributed by atoms with Gasteiger partial charge in [0.1, 0.15) is 0 Å². The van der Waals surface area contributed by atoms with E-state index in [1.54, 1.807) is 0 Å². The molecule has 2 aliphatic rings. The lowest BCUT2D eigenvalue weighted by Crippen LogP contribution is -2.45. The summed E-state index contributed by atoms with van der Waals surface area (Å²) < 4.78 is 0. The fourth-order valence-corrected chi connectivity index (χ4v) is 2.51. The van der Waals surface area contributed by atoms with Crippen molar-refractivity contribution in [2.24, 2.45) is 10.5 Å². The number of carbonyl (C=O) groups excluding carboxylic acids is 1. The fraction of sp³-hybridized carbons (Fsp3) is 0.875. The molecule has 1 aliphatic heterocycles. The quantitative estimate of drug-likeness (QED) is 0.378. The Kier molecular flexibility index (Phi) is 1.90. The molecule has 1 amide bonds. The highest BCUT2D eigenvalue weighted by Crippen LogP contribution is 2.49. The van der Waals surface area contributed by atoms with Gasteiger partial charge in [0.15, 0.2) is 0 Å². The summed E-state index contributed by atoms with van der Waals surface area (Å²) in [6, 6.07) is -0.212. The van der Waals surface area contributed by atoms with Crippen LogP contribution in [0.5, 0.6) is 0 Å². The molecule has 2 fully saturated rings. The maximum absolute atomic E-state index is 11.7. The van der Waals surface area contributed by atoms with Gasteiger partial charge in [-0.25, -0.2) is 5.06 Å². The standard InChI is InChI=1S/C8H12N4O2/c1-8-3-5(10-11-9)6(4-8)12(14-2)7(8)13/h5-6H,3-4H2,1-2H3/t5-,6?,8?/m1/s1. The highest BCUT2D eigenvalue weighted by atomic mass is 16.7. The van der Waals surface area contributed by atoms with Crippen LogP contribution in [0.4, 0.5) is 0 Å². The van der Waals surface area contributed by atoms with Gasteiger partial charge < -0.3 is 0 Å². The second-order valence-electron chi connectivity index (χ2n) is 4.12. The zero-order valence-electron chi connectivity index (χ0n) is 8.17. The van der Waals surface area contributed by atoms with E-state index in [-0.39, 0.29) is 23.4 Å². The van der Waals surface area contributed by atoms with Crippen LogP contribution in [0.25, 0.3) is 10.4 Å². The lowest BCUT2D eigenvalue weighted by Gasteiger charge is -2.31. The number of azide groups is 1. The molecule has 1 saturated carbocycles. The Bertz CT molecular complexity index is 323. The number of rotatable bonds is 2. The maximum atomic E-state index is 11.7. The minimum Gasteiger partial charge on any atom is -0.274 e. The first-order valence-electron chi connectivity index (χ1n) is 4.54. The summed E-state index contributed by atoms with van der Waals surface area (Å²) in [5.41, 5.74) is 7.99. The summed E-state index contributed by atoms with van der Waals surface area (Å²) in [7, 11) is 1.47. The maximum Gasteiger partial charge on any atom is 0.252 e. The van der Waals surface area contributed by atoms with E-state index in [9.17, 15) is 4.79 Å². The molecule has 1 saturated heterocycles. The molecule has 1 heterocycles. The molecule has 76 valence electrons. The summed E-state index contributed by atoms with van der Waals surface area (Å²) in [5, 5.41) is 5.04. The third-order valence-electron chi connectivity index (χ3n) is 3.18. The number of nitrogens with zero attached hydrogens (tertiary/aromatic N) is 4. The van der Waals surface area contributed by atoms with Crippen molar-refractivity contribution in [3.8, 4) is 0 Å². The molecule has 14 heavy (non-hydrogen) atoms.